The van der Waals surface area contributed by atoms with Crippen LogP contribution in [0.4, 0.5) is 0 Å². The fraction of sp³-hybridized carbons (Fsp3) is 0.548. The van der Waals surface area contributed by atoms with Gasteiger partial charge < -0.3 is 25.3 Å². The molecule has 2 amide bonds. The van der Waals surface area contributed by atoms with Gasteiger partial charge in [-0.25, -0.2) is 4.98 Å². The highest BCUT2D eigenvalue weighted by Gasteiger charge is 2.40. The fourth-order valence-electron chi connectivity index (χ4n) is 5.81. The van der Waals surface area contributed by atoms with Crippen LogP contribution < -0.4 is 5.32 Å². The van der Waals surface area contributed by atoms with E-state index in [0.29, 0.717) is 32.5 Å². The molecular formula is C31H43N5O4S. The number of aryl methyl sites for hydroxylation is 1. The van der Waals surface area contributed by atoms with E-state index in [1.165, 1.54) is 6.08 Å². The summed E-state index contributed by atoms with van der Waals surface area (Å²) in [5.74, 6) is -1.26. The predicted octanol–water partition coefficient (Wildman–Crippen LogP) is 4.68. The lowest BCUT2D eigenvalue weighted by Gasteiger charge is -2.33. The minimum absolute atomic E-state index is 0.144. The first kappa shape index (κ1) is 30.7. The summed E-state index contributed by atoms with van der Waals surface area (Å²) in [6.45, 7) is 9.53. The van der Waals surface area contributed by atoms with Gasteiger partial charge in [-0.05, 0) is 62.5 Å². The number of amides is 2. The van der Waals surface area contributed by atoms with Gasteiger partial charge in [0.2, 0.25) is 11.8 Å². The minimum atomic E-state index is -0.834. The van der Waals surface area contributed by atoms with E-state index in [9.17, 15) is 19.8 Å². The number of benzene rings is 1. The van der Waals surface area contributed by atoms with Crippen LogP contribution >= 0.6 is 11.3 Å². The van der Waals surface area contributed by atoms with Gasteiger partial charge in [0.15, 0.2) is 0 Å². The summed E-state index contributed by atoms with van der Waals surface area (Å²) in [6.07, 6.45) is 4.25. The predicted molar refractivity (Wildman–Crippen MR) is 162 cm³/mol. The number of aromatic nitrogens is 1. The SMILES string of the molecule is Cc1ncsc1-c1ccc([C@H](C)NC(=O)[C@@H]2CCCN2C(=O)C(/C(O)=C/C(=N)N2CCC(CO)CC2)C(C)C)cc1. The molecule has 9 nitrogen and oxygen atoms in total. The van der Waals surface area contributed by atoms with Crippen molar-refractivity contribution in [1.82, 2.24) is 20.1 Å². The molecular weight excluding hydrogens is 538 g/mol. The topological polar surface area (TPSA) is 130 Å². The van der Waals surface area contributed by atoms with Crippen LogP contribution in [0, 0.1) is 30.1 Å². The number of nitrogens with one attached hydrogen (secondary N) is 2. The molecule has 2 aliphatic rings. The van der Waals surface area contributed by atoms with Crippen LogP contribution in [0.2, 0.25) is 0 Å². The number of amidine groups is 1. The van der Waals surface area contributed by atoms with E-state index in [2.05, 4.69) is 10.3 Å². The van der Waals surface area contributed by atoms with Crippen LogP contribution in [0.5, 0.6) is 0 Å². The normalized spacial score (nSPS) is 19.9. The van der Waals surface area contributed by atoms with E-state index < -0.39 is 12.0 Å². The number of carbonyl (C=O) groups is 2. The Morgan fingerprint density at radius 2 is 1.83 bits per heavy atom. The lowest BCUT2D eigenvalue weighted by Crippen LogP contribution is -2.49. The summed E-state index contributed by atoms with van der Waals surface area (Å²) in [5.41, 5.74) is 4.90. The monoisotopic (exact) mass is 581 g/mol. The molecule has 4 N–H and O–H groups in total. The number of hydrogen-bond donors (Lipinski definition) is 4. The van der Waals surface area contributed by atoms with Crippen molar-refractivity contribution >= 4 is 29.0 Å². The van der Waals surface area contributed by atoms with Crippen molar-refractivity contribution in [3.05, 3.63) is 52.9 Å². The molecule has 0 bridgehead atoms. The van der Waals surface area contributed by atoms with E-state index in [1.807, 2.05) is 62.4 Å². The average molecular weight is 582 g/mol. The van der Waals surface area contributed by atoms with Gasteiger partial charge >= 0.3 is 0 Å². The quantitative estimate of drug-likeness (QED) is 0.193. The maximum Gasteiger partial charge on any atom is 0.243 e. The Morgan fingerprint density at radius 1 is 1.15 bits per heavy atom. The second-order valence-electron chi connectivity index (χ2n) is 11.6. The zero-order chi connectivity index (χ0) is 29.7. The second kappa shape index (κ2) is 13.6. The molecule has 0 spiro atoms. The Morgan fingerprint density at radius 3 is 2.41 bits per heavy atom. The number of carbonyl (C=O) groups excluding carboxylic acids is 2. The largest absolute Gasteiger partial charge is 0.511 e. The van der Waals surface area contributed by atoms with Gasteiger partial charge in [-0.3, -0.25) is 15.0 Å². The average Bonchev–Trinajstić information content (AvgIpc) is 3.62. The number of thiazole rings is 1. The molecule has 1 aromatic heterocycles. The Balaban J connectivity index is 1.40. The van der Waals surface area contributed by atoms with Crippen LogP contribution in [0.25, 0.3) is 10.4 Å². The zero-order valence-electron chi connectivity index (χ0n) is 24.5. The number of piperidine rings is 1. The maximum absolute atomic E-state index is 13.7. The molecule has 4 rings (SSSR count). The third kappa shape index (κ3) is 7.16. The summed E-state index contributed by atoms with van der Waals surface area (Å²) < 4.78 is 0. The highest BCUT2D eigenvalue weighted by Crippen LogP contribution is 2.30. The molecule has 1 aromatic carbocycles. The van der Waals surface area contributed by atoms with E-state index in [1.54, 1.807) is 16.2 Å². The van der Waals surface area contributed by atoms with Crippen molar-refractivity contribution in [3.63, 3.8) is 0 Å². The number of nitrogens with zero attached hydrogens (tertiary/aromatic N) is 3. The van der Waals surface area contributed by atoms with Crippen molar-refractivity contribution in [2.45, 2.75) is 65.5 Å². The summed E-state index contributed by atoms with van der Waals surface area (Å²) >= 11 is 1.60. The first-order valence-corrected chi connectivity index (χ1v) is 15.4. The van der Waals surface area contributed by atoms with Crippen LogP contribution in [-0.4, -0.2) is 74.9 Å². The van der Waals surface area contributed by atoms with Crippen molar-refractivity contribution in [2.24, 2.45) is 17.8 Å². The Hall–Kier alpha value is -3.24. The summed E-state index contributed by atoms with van der Waals surface area (Å²) in [7, 11) is 0. The lowest BCUT2D eigenvalue weighted by molar-refractivity contribution is -0.142. The zero-order valence-corrected chi connectivity index (χ0v) is 25.3. The molecule has 0 radical (unpaired) electrons. The molecule has 10 heteroatoms. The lowest BCUT2D eigenvalue weighted by atomic mass is 9.91. The van der Waals surface area contributed by atoms with Gasteiger partial charge in [-0.15, -0.1) is 11.3 Å². The second-order valence-corrected chi connectivity index (χ2v) is 12.5. The fourth-order valence-corrected chi connectivity index (χ4v) is 6.62. The van der Waals surface area contributed by atoms with Gasteiger partial charge in [0.1, 0.15) is 17.6 Å². The van der Waals surface area contributed by atoms with Crippen molar-refractivity contribution in [2.75, 3.05) is 26.2 Å². The number of hydrogen-bond acceptors (Lipinski definition) is 7. The third-order valence-corrected chi connectivity index (χ3v) is 9.34. The number of aliphatic hydroxyl groups excluding tert-OH is 2. The van der Waals surface area contributed by atoms with Crippen LogP contribution in [0.15, 0.2) is 41.6 Å². The maximum atomic E-state index is 13.7. The van der Waals surface area contributed by atoms with Gasteiger partial charge in [0, 0.05) is 32.3 Å². The molecule has 2 fully saturated rings. The minimum Gasteiger partial charge on any atom is -0.511 e. The van der Waals surface area contributed by atoms with Crippen molar-refractivity contribution < 1.29 is 19.8 Å². The molecule has 222 valence electrons. The number of rotatable bonds is 9. The summed E-state index contributed by atoms with van der Waals surface area (Å²) in [4.78, 5) is 36.1. The number of aliphatic hydroxyl groups is 2. The third-order valence-electron chi connectivity index (χ3n) is 8.37. The van der Waals surface area contributed by atoms with E-state index in [-0.39, 0.29) is 47.9 Å². The molecule has 2 aliphatic heterocycles. The van der Waals surface area contributed by atoms with Crippen molar-refractivity contribution in [3.8, 4) is 10.4 Å². The highest BCUT2D eigenvalue weighted by molar-refractivity contribution is 7.13. The molecule has 41 heavy (non-hydrogen) atoms. The number of likely N-dealkylation sites (tertiary alicyclic amines) is 2. The Bertz CT molecular complexity index is 1250. The molecule has 0 aliphatic carbocycles. The molecule has 0 saturated carbocycles. The van der Waals surface area contributed by atoms with Crippen LogP contribution in [0.1, 0.15) is 63.8 Å². The summed E-state index contributed by atoms with van der Waals surface area (Å²) in [5, 5.41) is 32.0. The Kier molecular flexibility index (Phi) is 10.2. The molecule has 1 unspecified atom stereocenters. The molecule has 3 atom stereocenters. The van der Waals surface area contributed by atoms with Gasteiger partial charge in [0.25, 0.3) is 0 Å². The molecule has 2 saturated heterocycles. The summed E-state index contributed by atoms with van der Waals surface area (Å²) in [6, 6.07) is 7.26. The molecule has 2 aromatic rings. The van der Waals surface area contributed by atoms with Gasteiger partial charge in [-0.1, -0.05) is 38.1 Å². The Labute approximate surface area is 246 Å². The first-order valence-electron chi connectivity index (χ1n) is 14.6. The molecule has 3 heterocycles. The van der Waals surface area contributed by atoms with E-state index in [4.69, 9.17) is 5.41 Å². The van der Waals surface area contributed by atoms with Crippen molar-refractivity contribution in [1.29, 1.82) is 5.41 Å². The van der Waals surface area contributed by atoms with Crippen LogP contribution in [0.3, 0.4) is 0 Å². The van der Waals surface area contributed by atoms with E-state index >= 15 is 0 Å². The first-order chi connectivity index (χ1) is 19.6. The van der Waals surface area contributed by atoms with Gasteiger partial charge in [0.05, 0.1) is 28.0 Å². The van der Waals surface area contributed by atoms with Gasteiger partial charge in [-0.2, -0.15) is 0 Å². The van der Waals surface area contributed by atoms with E-state index in [0.717, 1.165) is 34.5 Å². The van der Waals surface area contributed by atoms with Crippen LogP contribution in [-0.2, 0) is 9.59 Å². The standard InChI is InChI=1S/C31H43N5O4S/c1-19(2)28(26(38)16-27(32)35-14-11-22(17-37)12-15-35)31(40)36-13-5-6-25(36)30(39)34-20(3)23-7-9-24(10-8-23)29-21(4)33-18-41-29/h7-10,16,18-20,22,25,28,32,37-38H,5-6,11-15,17H2,1-4H3,(H,34,39)/b26-16-,32-27?/t20-,25-,28?/m0/s1. The highest BCUT2D eigenvalue weighted by atomic mass is 32.1. The smallest absolute Gasteiger partial charge is 0.243 e.